The first-order valence-electron chi connectivity index (χ1n) is 47.2. The molecule has 0 fully saturated rings. The number of nitrogens with zero attached hydrogens (tertiary/aromatic N) is 2. The summed E-state index contributed by atoms with van der Waals surface area (Å²) in [5.74, 6) is 0. The first kappa shape index (κ1) is 101. The van der Waals surface area contributed by atoms with Crippen LogP contribution in [0.15, 0.2) is 48.0 Å². The minimum atomic E-state index is 0. The summed E-state index contributed by atoms with van der Waals surface area (Å²) in [5, 5.41) is 0. The van der Waals surface area contributed by atoms with Gasteiger partial charge in [0.25, 0.3) is 0 Å². The zero-order chi connectivity index (χ0) is 73.8. The summed E-state index contributed by atoms with van der Waals surface area (Å²) in [4.78, 5) is 0. The van der Waals surface area contributed by atoms with Crippen molar-refractivity contribution in [3.63, 3.8) is 0 Å². The molecule has 0 radical (unpaired) electrons. The standard InChI is InChI=1S/C44H68N2.2C28H57.Ni/c1-6-11-16-20-24-36-29-37(25-21-17-12-7-2)32-41(31-36)43-35-40(28-15-10-5)44(46(43)45)42-33-38(26-22-18-13-8-3)30-39(34-42)27-23-19-14-9-4;2*1-3-5-7-9-11-13-15-17-19-21-23-25-27-28-26-24-22-20-18-16-14-12-10-8-6-4-2;/h29-35H,6-28H2,1-5H3;2*1,3-28H2,2H3;/q;2*-1;+2. The van der Waals surface area contributed by atoms with E-state index >= 15 is 0 Å². The van der Waals surface area contributed by atoms with Crippen LogP contribution in [0, 0.1) is 13.8 Å². The molecule has 0 bridgehead atoms. The molecule has 1 heterocycles. The number of hydrogen-bond acceptors (Lipinski definition) is 0. The van der Waals surface area contributed by atoms with Crippen LogP contribution in [0.3, 0.4) is 0 Å². The molecule has 2 aromatic carbocycles. The zero-order valence-corrected chi connectivity index (χ0v) is 72.2. The molecule has 0 atom stereocenters. The predicted molar refractivity (Wildman–Crippen MR) is 464 cm³/mol. The summed E-state index contributed by atoms with van der Waals surface area (Å²) in [6.45, 7) is 23.9. The second-order valence-electron chi connectivity index (χ2n) is 32.8. The number of aryl methyl sites for hydroxylation is 4. The molecule has 0 spiro atoms. The van der Waals surface area contributed by atoms with E-state index in [9.17, 15) is 5.53 Å². The third kappa shape index (κ3) is 62.5. The minimum absolute atomic E-state index is 0. The maximum absolute atomic E-state index is 12.1. The quantitative estimate of drug-likeness (QED) is 0.0273. The van der Waals surface area contributed by atoms with E-state index in [-0.39, 0.29) is 16.5 Å². The van der Waals surface area contributed by atoms with Crippen molar-refractivity contribution in [3.8, 4) is 0 Å². The third-order valence-corrected chi connectivity index (χ3v) is 22.5. The Labute approximate surface area is 659 Å². The molecule has 0 N–H and O–H groups in total. The molecule has 2 aromatic rings. The van der Waals surface area contributed by atoms with Gasteiger partial charge in [-0.3, -0.25) is 0 Å². The van der Waals surface area contributed by atoms with Crippen LogP contribution >= 0.6 is 0 Å². The molecule has 1 aliphatic rings. The van der Waals surface area contributed by atoms with Crippen LogP contribution in [-0.4, -0.2) is 4.70 Å². The predicted octanol–water partition coefficient (Wildman–Crippen LogP) is 36.1. The van der Waals surface area contributed by atoms with Crippen LogP contribution in [0.2, 0.25) is 0 Å². The number of rotatable bonds is 75. The van der Waals surface area contributed by atoms with E-state index in [0.717, 1.165) is 69.2 Å². The Morgan fingerprint density at radius 1 is 0.223 bits per heavy atom. The van der Waals surface area contributed by atoms with E-state index < -0.39 is 0 Å². The molecule has 3 rings (SSSR count). The summed E-state index contributed by atoms with van der Waals surface area (Å²) < 4.78 is 1.57. The van der Waals surface area contributed by atoms with Gasteiger partial charge in [-0.1, -0.05) is 465 Å². The van der Waals surface area contributed by atoms with Gasteiger partial charge in [0, 0.05) is 22.8 Å². The normalized spacial score (nSPS) is 12.1. The van der Waals surface area contributed by atoms with E-state index in [1.165, 1.54) is 463 Å². The zero-order valence-electron chi connectivity index (χ0n) is 71.2. The Balaban J connectivity index is 0.00000159. The van der Waals surface area contributed by atoms with E-state index in [0.29, 0.717) is 0 Å². The van der Waals surface area contributed by atoms with Crippen LogP contribution in [0.4, 0.5) is 0 Å². The molecule has 103 heavy (non-hydrogen) atoms. The van der Waals surface area contributed by atoms with Gasteiger partial charge in [-0.05, 0) is 111 Å². The largest absolute Gasteiger partial charge is 2.00 e. The molecule has 602 valence electrons. The van der Waals surface area contributed by atoms with Crippen LogP contribution < -0.4 is 0 Å². The molecule has 2 nitrogen and oxygen atoms in total. The molecule has 3 heteroatoms. The summed E-state index contributed by atoms with van der Waals surface area (Å²) in [7, 11) is 0. The van der Waals surface area contributed by atoms with Gasteiger partial charge in [-0.25, -0.2) is 4.70 Å². The molecule has 0 aliphatic carbocycles. The average Bonchev–Trinajstić information content (AvgIpc) is 1.64. The van der Waals surface area contributed by atoms with Crippen molar-refractivity contribution in [3.05, 3.63) is 101 Å². The minimum Gasteiger partial charge on any atom is -0.493 e. The number of benzene rings is 2. The monoisotopic (exact) mass is 1470 g/mol. The van der Waals surface area contributed by atoms with Gasteiger partial charge >= 0.3 is 16.5 Å². The topological polar surface area (TPSA) is 25.3 Å². The van der Waals surface area contributed by atoms with Crippen molar-refractivity contribution < 1.29 is 21.2 Å². The van der Waals surface area contributed by atoms with Gasteiger partial charge < -0.3 is 19.4 Å². The molecule has 0 unspecified atom stereocenters. The Morgan fingerprint density at radius 3 is 0.612 bits per heavy atom. The van der Waals surface area contributed by atoms with Gasteiger partial charge in [-0.15, -0.1) is 0 Å². The first-order valence-corrected chi connectivity index (χ1v) is 47.2. The van der Waals surface area contributed by atoms with Gasteiger partial charge in [0.15, 0.2) is 0 Å². The third-order valence-electron chi connectivity index (χ3n) is 22.5. The fourth-order valence-electron chi connectivity index (χ4n) is 15.7. The molecule has 0 amide bonds. The summed E-state index contributed by atoms with van der Waals surface area (Å²) in [6.07, 6.45) is 106. The Hall–Kier alpha value is -1.99. The van der Waals surface area contributed by atoms with Crippen molar-refractivity contribution in [1.29, 1.82) is 0 Å². The van der Waals surface area contributed by atoms with Gasteiger partial charge in [0.2, 0.25) is 11.4 Å². The smallest absolute Gasteiger partial charge is 0.493 e. The molecule has 0 saturated heterocycles. The van der Waals surface area contributed by atoms with Crippen LogP contribution in [0.25, 0.3) is 16.9 Å². The van der Waals surface area contributed by atoms with Gasteiger partial charge in [-0.2, -0.15) is 12.8 Å². The summed E-state index contributed by atoms with van der Waals surface area (Å²) in [6, 6.07) is 14.5. The fraction of sp³-hybridized carbons (Fsp3) is 0.820. The van der Waals surface area contributed by atoms with Crippen LogP contribution in [0.1, 0.15) is 538 Å². The van der Waals surface area contributed by atoms with Gasteiger partial charge in [0.1, 0.15) is 0 Å². The van der Waals surface area contributed by atoms with E-state index in [2.05, 4.69) is 105 Å². The molecular weight excluding hydrogens is 1290 g/mol. The fourth-order valence-corrected chi connectivity index (χ4v) is 15.7. The Kier molecular flexibility index (Phi) is 79.5. The maximum Gasteiger partial charge on any atom is 2.00 e. The average molecular weight is 1470 g/mol. The molecule has 0 aromatic heterocycles. The molecule has 1 aliphatic heterocycles. The van der Waals surface area contributed by atoms with E-state index in [1.807, 2.05) is 0 Å². The second-order valence-corrected chi connectivity index (χ2v) is 32.8. The van der Waals surface area contributed by atoms with E-state index in [4.69, 9.17) is 0 Å². The number of allylic oxidation sites excluding steroid dienone is 2. The SMILES string of the molecule is CCCCCCc1cc(CCCCCC)cc(C2=CC(CCCC)=C(c3cc(CCCCCC)cc(CCCCCC)c3)[N+]2=[N-])c1.[CH2-]CCCCCCCCCCCCCCCCCCCCCCCCCCC.[CH2-]CCCCCCCCCCCCCCCCCCCCCCCCCCC.[Ni+2]. The van der Waals surface area contributed by atoms with Crippen LogP contribution in [-0.2, 0) is 42.2 Å². The number of hydrogen-bond donors (Lipinski definition) is 0. The number of unbranched alkanes of at least 4 members (excludes halogenated alkanes) is 63. The van der Waals surface area contributed by atoms with Gasteiger partial charge in [0.05, 0.1) is 0 Å². The maximum atomic E-state index is 12.1. The Bertz CT molecular complexity index is 1960. The van der Waals surface area contributed by atoms with Crippen molar-refractivity contribution in [2.75, 3.05) is 0 Å². The molecular formula is C100H182N2Ni. The van der Waals surface area contributed by atoms with Crippen molar-refractivity contribution in [1.82, 2.24) is 0 Å². The second kappa shape index (κ2) is 81.0. The molecule has 0 saturated carbocycles. The van der Waals surface area contributed by atoms with Crippen molar-refractivity contribution >= 4 is 11.4 Å². The van der Waals surface area contributed by atoms with Crippen LogP contribution in [0.5, 0.6) is 0 Å². The summed E-state index contributed by atoms with van der Waals surface area (Å²) in [5.41, 5.74) is 23.5. The first-order chi connectivity index (χ1) is 50.4. The summed E-state index contributed by atoms with van der Waals surface area (Å²) >= 11 is 0. The van der Waals surface area contributed by atoms with Crippen molar-refractivity contribution in [2.24, 2.45) is 0 Å². The van der Waals surface area contributed by atoms with E-state index in [1.54, 1.807) is 4.70 Å². The van der Waals surface area contributed by atoms with Crippen molar-refractivity contribution in [2.45, 2.75) is 530 Å². The Morgan fingerprint density at radius 2 is 0.408 bits per heavy atom.